The lowest BCUT2D eigenvalue weighted by Gasteiger charge is -2.28. The second kappa shape index (κ2) is 9.79. The number of alkyl halides is 2. The van der Waals surface area contributed by atoms with E-state index >= 15 is 0 Å². The van der Waals surface area contributed by atoms with Crippen LogP contribution in [-0.2, 0) is 19.9 Å². The van der Waals surface area contributed by atoms with Gasteiger partial charge < -0.3 is 4.42 Å². The molecule has 1 aliphatic rings. The summed E-state index contributed by atoms with van der Waals surface area (Å²) in [6.45, 7) is 0. The van der Waals surface area contributed by atoms with Gasteiger partial charge in [0.15, 0.2) is 9.84 Å². The molecule has 2 N–H and O–H groups in total. The molecule has 13 heteroatoms. The van der Waals surface area contributed by atoms with Crippen molar-refractivity contribution in [1.82, 2.24) is 15.2 Å². The van der Waals surface area contributed by atoms with Gasteiger partial charge >= 0.3 is 6.43 Å². The summed E-state index contributed by atoms with van der Waals surface area (Å²) in [7, 11) is -6.97. The van der Waals surface area contributed by atoms with Gasteiger partial charge in [0.25, 0.3) is 5.89 Å². The Bertz CT molecular complexity index is 1240. The highest BCUT2D eigenvalue weighted by Gasteiger charge is 2.39. The molecule has 1 fully saturated rings. The van der Waals surface area contributed by atoms with E-state index in [0.717, 1.165) is 0 Å². The molecule has 32 heavy (non-hydrogen) atoms. The van der Waals surface area contributed by atoms with Crippen LogP contribution in [-0.4, -0.2) is 43.0 Å². The predicted molar refractivity (Wildman–Crippen MR) is 112 cm³/mol. The number of hydrogen-bond donors (Lipinski definition) is 1. The van der Waals surface area contributed by atoms with Crippen molar-refractivity contribution >= 4 is 19.9 Å². The van der Waals surface area contributed by atoms with Crippen molar-refractivity contribution in [3.63, 3.8) is 0 Å². The van der Waals surface area contributed by atoms with E-state index < -0.39 is 42.7 Å². The summed E-state index contributed by atoms with van der Waals surface area (Å²) in [6, 6.07) is 12.0. The summed E-state index contributed by atoms with van der Waals surface area (Å²) in [6.07, 6.45) is 0.416. The molecule has 1 aliphatic heterocycles. The molecule has 9 nitrogen and oxygen atoms in total. The largest absolute Gasteiger partial charge is 0.415 e. The third-order valence-electron chi connectivity index (χ3n) is 4.81. The van der Waals surface area contributed by atoms with Crippen LogP contribution >= 0.6 is 0 Å². The predicted octanol–water partition coefficient (Wildman–Crippen LogP) is 2.66. The van der Waals surface area contributed by atoms with Gasteiger partial charge in [-0.2, -0.15) is 8.78 Å². The molecule has 2 unspecified atom stereocenters. The quantitative estimate of drug-likeness (QED) is 0.592. The van der Waals surface area contributed by atoms with Gasteiger partial charge in [-0.15, -0.1) is 10.2 Å². The van der Waals surface area contributed by atoms with E-state index in [1.165, 1.54) is 6.20 Å². The molecule has 0 bridgehead atoms. The lowest BCUT2D eigenvalue weighted by molar-refractivity contribution is 0.116. The molecule has 0 radical (unpaired) electrons. The van der Waals surface area contributed by atoms with Gasteiger partial charge in [-0.05, 0) is 30.5 Å². The van der Waals surface area contributed by atoms with E-state index in [0.29, 0.717) is 11.1 Å². The first-order chi connectivity index (χ1) is 15.1. The SMILES string of the molecule is FC(F)c1nnc(-c2cccnc2)o1.NS(=O)(=O)C1CCS(=O)(=O)C(c2ccccc2)C1. The second-order valence-electron chi connectivity index (χ2n) is 6.99. The Morgan fingerprint density at radius 3 is 2.38 bits per heavy atom. The van der Waals surface area contributed by atoms with Crippen LogP contribution in [0.4, 0.5) is 8.78 Å². The van der Waals surface area contributed by atoms with Gasteiger partial charge in [0.05, 0.1) is 21.8 Å². The molecule has 1 saturated heterocycles. The monoisotopic (exact) mass is 486 g/mol. The summed E-state index contributed by atoms with van der Waals surface area (Å²) < 4.78 is 75.6. The summed E-state index contributed by atoms with van der Waals surface area (Å²) in [4.78, 5) is 3.80. The number of hydrogen-bond acceptors (Lipinski definition) is 8. The van der Waals surface area contributed by atoms with E-state index in [9.17, 15) is 25.6 Å². The molecule has 172 valence electrons. The minimum atomic E-state index is -3.68. The third kappa shape index (κ3) is 5.93. The number of aromatic nitrogens is 3. The highest BCUT2D eigenvalue weighted by atomic mass is 32.2. The smallest absolute Gasteiger partial charge is 0.314 e. The number of nitrogens with two attached hydrogens (primary N) is 1. The molecular weight excluding hydrogens is 466 g/mol. The Balaban J connectivity index is 0.000000186. The fourth-order valence-corrected chi connectivity index (χ4v) is 6.35. The number of pyridine rings is 1. The molecule has 0 saturated carbocycles. The summed E-state index contributed by atoms with van der Waals surface area (Å²) in [5.41, 5.74) is 1.15. The minimum Gasteiger partial charge on any atom is -0.415 e. The standard InChI is InChI=1S/C11H15NO4S2.C8H5F2N3O/c12-18(15,16)10-6-7-17(13,14)11(8-10)9-4-2-1-3-5-9;9-6(10)8-13-12-7(14-8)5-2-1-3-11-4-5/h1-5,10-11H,6-8H2,(H2,12,15,16);1-4,6H. The average molecular weight is 487 g/mol. The van der Waals surface area contributed by atoms with Crippen LogP contribution in [0.3, 0.4) is 0 Å². The van der Waals surface area contributed by atoms with Crippen LogP contribution in [0.25, 0.3) is 11.5 Å². The van der Waals surface area contributed by atoms with Gasteiger partial charge in [0.1, 0.15) is 0 Å². The van der Waals surface area contributed by atoms with E-state index in [4.69, 9.17) is 9.56 Å². The highest BCUT2D eigenvalue weighted by Crippen LogP contribution is 2.35. The molecule has 2 atom stereocenters. The van der Waals surface area contributed by atoms with Gasteiger partial charge in [0, 0.05) is 12.4 Å². The second-order valence-corrected chi connectivity index (χ2v) is 11.1. The molecule has 0 spiro atoms. The van der Waals surface area contributed by atoms with Crippen LogP contribution in [0.5, 0.6) is 0 Å². The molecule has 3 heterocycles. The molecule has 3 aromatic rings. The van der Waals surface area contributed by atoms with Crippen LogP contribution in [0.2, 0.25) is 0 Å². The molecule has 0 aliphatic carbocycles. The average Bonchev–Trinajstić information content (AvgIpc) is 3.25. The molecular formula is C19H20F2N4O5S2. The Morgan fingerprint density at radius 2 is 1.81 bits per heavy atom. The van der Waals surface area contributed by atoms with Gasteiger partial charge in [-0.3, -0.25) is 4.98 Å². The zero-order chi connectivity index (χ0) is 23.4. The molecule has 0 amide bonds. The van der Waals surface area contributed by atoms with Gasteiger partial charge in [0.2, 0.25) is 15.9 Å². The summed E-state index contributed by atoms with van der Waals surface area (Å²) in [5.74, 6) is -0.759. The zero-order valence-electron chi connectivity index (χ0n) is 16.6. The van der Waals surface area contributed by atoms with E-state index in [1.807, 2.05) is 0 Å². The third-order valence-corrected chi connectivity index (χ3v) is 8.30. The van der Waals surface area contributed by atoms with Crippen LogP contribution < -0.4 is 5.14 Å². The maximum Gasteiger partial charge on any atom is 0.314 e. The van der Waals surface area contributed by atoms with Crippen LogP contribution in [0.1, 0.15) is 36.0 Å². The Kier molecular flexibility index (Phi) is 7.31. The van der Waals surface area contributed by atoms with Crippen molar-refractivity contribution in [1.29, 1.82) is 0 Å². The maximum absolute atomic E-state index is 12.1. The fourth-order valence-electron chi connectivity index (χ4n) is 3.18. The first-order valence-electron chi connectivity index (χ1n) is 9.38. The molecule has 1 aromatic carbocycles. The number of nitrogens with zero attached hydrogens (tertiary/aromatic N) is 3. The van der Waals surface area contributed by atoms with Crippen molar-refractivity contribution in [2.75, 3.05) is 5.75 Å². The number of rotatable bonds is 4. The summed E-state index contributed by atoms with van der Waals surface area (Å²) >= 11 is 0. The lowest BCUT2D eigenvalue weighted by atomic mass is 10.1. The number of benzene rings is 1. The van der Waals surface area contributed by atoms with Crippen LogP contribution in [0, 0.1) is 0 Å². The zero-order valence-corrected chi connectivity index (χ0v) is 18.2. The Morgan fingerprint density at radius 1 is 1.09 bits per heavy atom. The molecule has 2 aromatic heterocycles. The first kappa shape index (κ1) is 23.9. The van der Waals surface area contributed by atoms with Gasteiger partial charge in [-0.1, -0.05) is 30.3 Å². The number of sulfone groups is 1. The minimum absolute atomic E-state index is 0.0468. The Labute approximate surface area is 183 Å². The van der Waals surface area contributed by atoms with E-state index in [-0.39, 0.29) is 24.5 Å². The normalized spacial score (nSPS) is 20.4. The van der Waals surface area contributed by atoms with Crippen molar-refractivity contribution in [3.8, 4) is 11.5 Å². The highest BCUT2D eigenvalue weighted by molar-refractivity contribution is 7.92. The molecule has 4 rings (SSSR count). The van der Waals surface area contributed by atoms with Crippen LogP contribution in [0.15, 0.2) is 59.3 Å². The van der Waals surface area contributed by atoms with E-state index in [1.54, 1.807) is 48.7 Å². The van der Waals surface area contributed by atoms with Crippen molar-refractivity contribution < 1.29 is 30.0 Å². The summed E-state index contributed by atoms with van der Waals surface area (Å²) in [5, 5.41) is 10.2. The maximum atomic E-state index is 12.1. The number of halogens is 2. The van der Waals surface area contributed by atoms with Crippen molar-refractivity contribution in [2.24, 2.45) is 5.14 Å². The number of sulfonamides is 1. The van der Waals surface area contributed by atoms with Crippen molar-refractivity contribution in [2.45, 2.75) is 29.8 Å². The Hall–Kier alpha value is -2.77. The van der Waals surface area contributed by atoms with Crippen molar-refractivity contribution in [3.05, 3.63) is 66.3 Å². The van der Waals surface area contributed by atoms with Gasteiger partial charge in [-0.25, -0.2) is 22.0 Å². The fraction of sp³-hybridized carbons (Fsp3) is 0.316. The first-order valence-corrected chi connectivity index (χ1v) is 12.7. The number of primary sulfonamides is 1. The van der Waals surface area contributed by atoms with E-state index in [2.05, 4.69) is 15.2 Å². The lowest BCUT2D eigenvalue weighted by Crippen LogP contribution is -2.38. The topological polar surface area (TPSA) is 146 Å².